The number of rotatable bonds is 6. The lowest BCUT2D eigenvalue weighted by Gasteiger charge is -2.32. The van der Waals surface area contributed by atoms with Crippen molar-refractivity contribution in [2.75, 3.05) is 19.7 Å². The van der Waals surface area contributed by atoms with Crippen LogP contribution < -0.4 is 0 Å². The van der Waals surface area contributed by atoms with Gasteiger partial charge in [-0.15, -0.1) is 21.5 Å². The van der Waals surface area contributed by atoms with Crippen LogP contribution >= 0.6 is 11.3 Å². The van der Waals surface area contributed by atoms with Crippen molar-refractivity contribution in [2.24, 2.45) is 5.92 Å². The van der Waals surface area contributed by atoms with Gasteiger partial charge in [-0.05, 0) is 12.8 Å². The molecule has 1 saturated heterocycles. The average Bonchev–Trinajstić information content (AvgIpc) is 3.16. The summed E-state index contributed by atoms with van der Waals surface area (Å²) >= 11 is 1.83. The summed E-state index contributed by atoms with van der Waals surface area (Å²) in [5, 5.41) is 9.50. The van der Waals surface area contributed by atoms with Crippen LogP contribution in [-0.4, -0.2) is 44.3 Å². The van der Waals surface area contributed by atoms with Crippen LogP contribution in [0.15, 0.2) is 12.5 Å². The van der Waals surface area contributed by atoms with E-state index in [1.54, 1.807) is 6.33 Å². The molecule has 1 atom stereocenters. The van der Waals surface area contributed by atoms with Gasteiger partial charge in [0.25, 0.3) is 0 Å². The molecule has 2 aromatic heterocycles. The van der Waals surface area contributed by atoms with Crippen molar-refractivity contribution < 1.29 is 4.74 Å². The highest BCUT2D eigenvalue weighted by molar-refractivity contribution is 7.11. The van der Waals surface area contributed by atoms with Crippen LogP contribution in [-0.2, 0) is 24.2 Å². The Morgan fingerprint density at radius 1 is 1.43 bits per heavy atom. The first-order valence-corrected chi connectivity index (χ1v) is 9.12. The number of hydrogen-bond acceptors (Lipinski definition) is 6. The summed E-state index contributed by atoms with van der Waals surface area (Å²) in [6.07, 6.45) is 4.88. The molecule has 3 heterocycles. The van der Waals surface area contributed by atoms with Gasteiger partial charge in [0.15, 0.2) is 5.82 Å². The Balaban J connectivity index is 1.61. The lowest BCUT2D eigenvalue weighted by molar-refractivity contribution is -0.0386. The second-order valence-corrected chi connectivity index (χ2v) is 7.59. The highest BCUT2D eigenvalue weighted by Gasteiger charge is 2.26. The predicted octanol–water partition coefficient (Wildman–Crippen LogP) is 2.53. The van der Waals surface area contributed by atoms with E-state index >= 15 is 0 Å². The predicted molar refractivity (Wildman–Crippen MR) is 90.3 cm³/mol. The second kappa shape index (κ2) is 7.51. The third-order valence-electron chi connectivity index (χ3n) is 3.99. The monoisotopic (exact) mass is 335 g/mol. The van der Waals surface area contributed by atoms with Crippen molar-refractivity contribution in [1.29, 1.82) is 0 Å². The Labute approximate surface area is 141 Å². The summed E-state index contributed by atoms with van der Waals surface area (Å²) in [7, 11) is 0. The third kappa shape index (κ3) is 4.16. The molecule has 3 rings (SSSR count). The average molecular weight is 335 g/mol. The molecule has 1 fully saturated rings. The van der Waals surface area contributed by atoms with Crippen LogP contribution in [0.2, 0.25) is 0 Å². The topological polar surface area (TPSA) is 56.1 Å². The van der Waals surface area contributed by atoms with Gasteiger partial charge in [-0.1, -0.05) is 13.8 Å². The molecule has 7 heteroatoms. The molecule has 0 aliphatic carbocycles. The molecule has 6 nitrogen and oxygen atoms in total. The molecule has 0 radical (unpaired) electrons. The number of morpholine rings is 1. The van der Waals surface area contributed by atoms with Crippen LogP contribution in [0.1, 0.15) is 42.6 Å². The van der Waals surface area contributed by atoms with Crippen LogP contribution in [0, 0.1) is 5.92 Å². The third-order valence-corrected chi connectivity index (χ3v) is 4.99. The van der Waals surface area contributed by atoms with E-state index in [2.05, 4.69) is 45.4 Å². The first-order valence-electron chi connectivity index (χ1n) is 8.31. The van der Waals surface area contributed by atoms with E-state index in [-0.39, 0.29) is 6.10 Å². The fraction of sp³-hybridized carbons (Fsp3) is 0.688. The van der Waals surface area contributed by atoms with E-state index in [0.29, 0.717) is 5.92 Å². The zero-order valence-corrected chi connectivity index (χ0v) is 14.9. The number of ether oxygens (including phenoxy) is 1. The van der Waals surface area contributed by atoms with Crippen LogP contribution in [0.25, 0.3) is 0 Å². The molecule has 0 bridgehead atoms. The van der Waals surface area contributed by atoms with Crippen molar-refractivity contribution in [3.63, 3.8) is 0 Å². The lowest BCUT2D eigenvalue weighted by atomic mass is 10.1. The Morgan fingerprint density at radius 2 is 2.30 bits per heavy atom. The standard InChI is InChI=1S/C16H25N5OS/c1-4-21-11-18-19-16(21)14-10-20(5-6-22-14)9-13-8-17-15(23-13)7-12(2)3/h8,11-12,14H,4-7,9-10H2,1-3H3. The van der Waals surface area contributed by atoms with Gasteiger partial charge >= 0.3 is 0 Å². The minimum atomic E-state index is 0.00857. The Kier molecular flexibility index (Phi) is 5.40. The zero-order chi connectivity index (χ0) is 16.2. The maximum Gasteiger partial charge on any atom is 0.163 e. The number of thiazole rings is 1. The van der Waals surface area contributed by atoms with E-state index < -0.39 is 0 Å². The molecule has 0 aromatic carbocycles. The SMILES string of the molecule is CCn1cnnc1C1CN(Cc2cnc(CC(C)C)s2)CCO1. The van der Waals surface area contributed by atoms with E-state index in [9.17, 15) is 0 Å². The molecule has 2 aromatic rings. The van der Waals surface area contributed by atoms with Gasteiger partial charge < -0.3 is 9.30 Å². The number of aryl methyl sites for hydroxylation is 1. The van der Waals surface area contributed by atoms with E-state index in [4.69, 9.17) is 4.74 Å². The molecule has 126 valence electrons. The summed E-state index contributed by atoms with van der Waals surface area (Å²) in [4.78, 5) is 8.31. The first kappa shape index (κ1) is 16.5. The van der Waals surface area contributed by atoms with Gasteiger partial charge in [0.05, 0.1) is 11.6 Å². The Bertz CT molecular complexity index is 624. The maximum atomic E-state index is 5.91. The number of nitrogens with zero attached hydrogens (tertiary/aromatic N) is 5. The maximum absolute atomic E-state index is 5.91. The van der Waals surface area contributed by atoms with E-state index in [1.165, 1.54) is 9.88 Å². The second-order valence-electron chi connectivity index (χ2n) is 6.39. The molecule has 0 spiro atoms. The molecule has 0 saturated carbocycles. The smallest absolute Gasteiger partial charge is 0.163 e. The molecule has 1 aliphatic heterocycles. The molecule has 0 N–H and O–H groups in total. The molecule has 0 amide bonds. The van der Waals surface area contributed by atoms with Gasteiger partial charge in [-0.25, -0.2) is 4.98 Å². The minimum Gasteiger partial charge on any atom is -0.368 e. The molecule has 1 unspecified atom stereocenters. The molecule has 23 heavy (non-hydrogen) atoms. The van der Waals surface area contributed by atoms with Crippen molar-refractivity contribution in [1.82, 2.24) is 24.6 Å². The quantitative estimate of drug-likeness (QED) is 0.812. The van der Waals surface area contributed by atoms with Crippen molar-refractivity contribution in [3.8, 4) is 0 Å². The summed E-state index contributed by atoms with van der Waals surface area (Å²) < 4.78 is 7.97. The largest absolute Gasteiger partial charge is 0.368 e. The fourth-order valence-electron chi connectivity index (χ4n) is 2.84. The summed E-state index contributed by atoms with van der Waals surface area (Å²) in [5.41, 5.74) is 0. The molecular formula is C16H25N5OS. The van der Waals surface area contributed by atoms with Crippen molar-refractivity contribution >= 4 is 11.3 Å². The van der Waals surface area contributed by atoms with Gasteiger partial charge in [0, 0.05) is 43.7 Å². The van der Waals surface area contributed by atoms with E-state index in [1.807, 2.05) is 17.5 Å². The van der Waals surface area contributed by atoms with Gasteiger partial charge in [0.1, 0.15) is 12.4 Å². The van der Waals surface area contributed by atoms with Crippen molar-refractivity contribution in [3.05, 3.63) is 28.2 Å². The number of aromatic nitrogens is 4. The minimum absolute atomic E-state index is 0.00857. The van der Waals surface area contributed by atoms with Crippen LogP contribution in [0.3, 0.4) is 0 Å². The number of hydrogen-bond donors (Lipinski definition) is 0. The normalized spacial score (nSPS) is 19.6. The summed E-state index contributed by atoms with van der Waals surface area (Å²) in [6.45, 7) is 10.9. The summed E-state index contributed by atoms with van der Waals surface area (Å²) in [6, 6.07) is 0. The lowest BCUT2D eigenvalue weighted by Crippen LogP contribution is -2.38. The van der Waals surface area contributed by atoms with Gasteiger partial charge in [0.2, 0.25) is 0 Å². The highest BCUT2D eigenvalue weighted by Crippen LogP contribution is 2.24. The first-order chi connectivity index (χ1) is 11.2. The van der Waals surface area contributed by atoms with E-state index in [0.717, 1.165) is 45.0 Å². The van der Waals surface area contributed by atoms with Crippen LogP contribution in [0.5, 0.6) is 0 Å². The zero-order valence-electron chi connectivity index (χ0n) is 14.1. The fourth-order valence-corrected chi connectivity index (χ4v) is 4.02. The highest BCUT2D eigenvalue weighted by atomic mass is 32.1. The Hall–Kier alpha value is -1.31. The van der Waals surface area contributed by atoms with Crippen LogP contribution in [0.4, 0.5) is 0 Å². The van der Waals surface area contributed by atoms with Crippen molar-refractivity contribution in [2.45, 2.75) is 46.4 Å². The summed E-state index contributed by atoms with van der Waals surface area (Å²) in [5.74, 6) is 1.59. The molecule has 1 aliphatic rings. The van der Waals surface area contributed by atoms with Gasteiger partial charge in [-0.3, -0.25) is 4.90 Å². The van der Waals surface area contributed by atoms with Gasteiger partial charge in [-0.2, -0.15) is 0 Å². The molecular weight excluding hydrogens is 310 g/mol. The Morgan fingerprint density at radius 3 is 3.09 bits per heavy atom.